The van der Waals surface area contributed by atoms with Gasteiger partial charge in [0.25, 0.3) is 0 Å². The highest BCUT2D eigenvalue weighted by Crippen LogP contribution is 2.34. The summed E-state index contributed by atoms with van der Waals surface area (Å²) in [7, 11) is 1.78. The Morgan fingerprint density at radius 2 is 2.24 bits per heavy atom. The number of nitrogens with zero attached hydrogens (tertiary/aromatic N) is 1. The Bertz CT molecular complexity index is 632. The molecule has 2 bridgehead atoms. The van der Waals surface area contributed by atoms with Gasteiger partial charge < -0.3 is 20.7 Å². The molecule has 0 aromatic heterocycles. The van der Waals surface area contributed by atoms with Crippen molar-refractivity contribution in [3.8, 4) is 0 Å². The number of aliphatic imine (C=N–C) groups is 1. The summed E-state index contributed by atoms with van der Waals surface area (Å²) in [5.41, 5.74) is 1.93. The number of carbonyl (C=O) groups excluding carboxylic acids is 1. The third-order valence-corrected chi connectivity index (χ3v) is 4.80. The summed E-state index contributed by atoms with van der Waals surface area (Å²) in [5, 5.41) is 9.76. The van der Waals surface area contributed by atoms with Crippen LogP contribution in [0.5, 0.6) is 0 Å². The normalized spacial score (nSPS) is 25.0. The fraction of sp³-hybridized carbons (Fsp3) is 0.579. The molecule has 0 saturated carbocycles. The molecule has 1 amide bonds. The second-order valence-electron chi connectivity index (χ2n) is 6.78. The van der Waals surface area contributed by atoms with Crippen LogP contribution in [0.25, 0.3) is 0 Å². The Labute approximate surface area is 149 Å². The van der Waals surface area contributed by atoms with Crippen LogP contribution < -0.4 is 16.0 Å². The molecular formula is C19H28N4O2. The van der Waals surface area contributed by atoms with Gasteiger partial charge in [-0.1, -0.05) is 19.1 Å². The van der Waals surface area contributed by atoms with Crippen LogP contribution in [0.15, 0.2) is 29.3 Å². The van der Waals surface area contributed by atoms with Gasteiger partial charge in [-0.05, 0) is 43.4 Å². The van der Waals surface area contributed by atoms with Gasteiger partial charge in [0.2, 0.25) is 5.91 Å². The molecule has 1 aromatic rings. The van der Waals surface area contributed by atoms with Crippen LogP contribution in [0.1, 0.15) is 44.6 Å². The summed E-state index contributed by atoms with van der Waals surface area (Å²) < 4.78 is 5.88. The van der Waals surface area contributed by atoms with Crippen molar-refractivity contribution in [2.75, 3.05) is 12.4 Å². The standard InChI is InChI=1S/C19H28N4O2/c1-3-5-18(24)22-14-7-4-6-13(10-14)12-21-19(20-2)23-16-11-15-8-9-17(16)25-15/h4,6-7,10,15-17H,3,5,8-9,11-12H2,1-2H3,(H,22,24)(H2,20,21,23). The number of fused-ring (bicyclic) bond motifs is 2. The summed E-state index contributed by atoms with van der Waals surface area (Å²) >= 11 is 0. The highest BCUT2D eigenvalue weighted by molar-refractivity contribution is 5.90. The highest BCUT2D eigenvalue weighted by atomic mass is 16.5. The minimum Gasteiger partial charge on any atom is -0.373 e. The van der Waals surface area contributed by atoms with Crippen LogP contribution in [0.4, 0.5) is 5.69 Å². The maximum atomic E-state index is 11.7. The van der Waals surface area contributed by atoms with E-state index in [9.17, 15) is 4.79 Å². The van der Waals surface area contributed by atoms with E-state index >= 15 is 0 Å². The number of benzene rings is 1. The molecule has 3 unspecified atom stereocenters. The number of nitrogens with one attached hydrogen (secondary N) is 3. The molecule has 0 radical (unpaired) electrons. The van der Waals surface area contributed by atoms with Gasteiger partial charge in [0.05, 0.1) is 18.2 Å². The second-order valence-corrected chi connectivity index (χ2v) is 6.78. The molecule has 0 spiro atoms. The van der Waals surface area contributed by atoms with E-state index in [0.29, 0.717) is 31.2 Å². The number of amides is 1. The molecular weight excluding hydrogens is 316 g/mol. The first kappa shape index (κ1) is 17.7. The fourth-order valence-corrected chi connectivity index (χ4v) is 3.56. The molecule has 2 aliphatic rings. The average molecular weight is 344 g/mol. The molecule has 2 aliphatic heterocycles. The third kappa shape index (κ3) is 4.72. The molecule has 3 N–H and O–H groups in total. The molecule has 3 rings (SSSR count). The van der Waals surface area contributed by atoms with Crippen LogP contribution >= 0.6 is 0 Å². The van der Waals surface area contributed by atoms with Crippen molar-refractivity contribution in [2.45, 2.75) is 63.8 Å². The highest BCUT2D eigenvalue weighted by Gasteiger charge is 2.41. The zero-order valence-corrected chi connectivity index (χ0v) is 15.0. The molecule has 0 aliphatic carbocycles. The Balaban J connectivity index is 1.50. The molecule has 6 heteroatoms. The van der Waals surface area contributed by atoms with Gasteiger partial charge in [-0.3, -0.25) is 9.79 Å². The summed E-state index contributed by atoms with van der Waals surface area (Å²) in [4.78, 5) is 16.0. The van der Waals surface area contributed by atoms with E-state index in [-0.39, 0.29) is 5.91 Å². The van der Waals surface area contributed by atoms with Crippen molar-refractivity contribution in [1.29, 1.82) is 0 Å². The van der Waals surface area contributed by atoms with Crippen LogP contribution in [-0.2, 0) is 16.1 Å². The lowest BCUT2D eigenvalue weighted by Gasteiger charge is -2.22. The monoisotopic (exact) mass is 344 g/mol. The predicted octanol–water partition coefficient (Wildman–Crippen LogP) is 2.41. The molecule has 136 valence electrons. The summed E-state index contributed by atoms with van der Waals surface area (Å²) in [5.74, 6) is 0.850. The fourth-order valence-electron chi connectivity index (χ4n) is 3.56. The van der Waals surface area contributed by atoms with Crippen molar-refractivity contribution >= 4 is 17.6 Å². The number of rotatable bonds is 6. The topological polar surface area (TPSA) is 74.8 Å². The quantitative estimate of drug-likeness (QED) is 0.547. The molecule has 1 aromatic carbocycles. The van der Waals surface area contributed by atoms with Gasteiger partial charge in [-0.2, -0.15) is 0 Å². The first-order valence-corrected chi connectivity index (χ1v) is 9.19. The lowest BCUT2D eigenvalue weighted by Crippen LogP contribution is -2.47. The van der Waals surface area contributed by atoms with Crippen LogP contribution in [0.3, 0.4) is 0 Å². The Hall–Kier alpha value is -2.08. The number of carbonyl (C=O) groups is 1. The van der Waals surface area contributed by atoms with Gasteiger partial charge in [0.1, 0.15) is 0 Å². The van der Waals surface area contributed by atoms with E-state index in [2.05, 4.69) is 20.9 Å². The van der Waals surface area contributed by atoms with E-state index < -0.39 is 0 Å². The lowest BCUT2D eigenvalue weighted by molar-refractivity contribution is -0.116. The first-order valence-electron chi connectivity index (χ1n) is 9.19. The Kier molecular flexibility index (Phi) is 5.91. The van der Waals surface area contributed by atoms with Gasteiger partial charge in [-0.15, -0.1) is 0 Å². The molecule has 25 heavy (non-hydrogen) atoms. The molecule has 3 atom stereocenters. The Morgan fingerprint density at radius 1 is 1.36 bits per heavy atom. The summed E-state index contributed by atoms with van der Waals surface area (Å²) in [6.45, 7) is 2.65. The smallest absolute Gasteiger partial charge is 0.224 e. The maximum Gasteiger partial charge on any atom is 0.224 e. The van der Waals surface area contributed by atoms with Crippen LogP contribution in [-0.4, -0.2) is 37.2 Å². The van der Waals surface area contributed by atoms with Crippen molar-refractivity contribution in [3.63, 3.8) is 0 Å². The number of hydrogen-bond acceptors (Lipinski definition) is 3. The van der Waals surface area contributed by atoms with Crippen molar-refractivity contribution in [3.05, 3.63) is 29.8 Å². The number of anilines is 1. The van der Waals surface area contributed by atoms with Gasteiger partial charge in [0.15, 0.2) is 5.96 Å². The van der Waals surface area contributed by atoms with Crippen molar-refractivity contribution in [2.24, 2.45) is 4.99 Å². The van der Waals surface area contributed by atoms with Crippen LogP contribution in [0, 0.1) is 0 Å². The maximum absolute atomic E-state index is 11.7. The van der Waals surface area contributed by atoms with E-state index in [0.717, 1.165) is 36.5 Å². The van der Waals surface area contributed by atoms with Gasteiger partial charge >= 0.3 is 0 Å². The molecule has 2 fully saturated rings. The SMILES string of the molecule is CCCC(=O)Nc1cccc(CNC(=NC)NC2CC3CCC2O3)c1. The van der Waals surface area contributed by atoms with E-state index in [1.165, 1.54) is 6.42 Å². The van der Waals surface area contributed by atoms with Gasteiger partial charge in [0, 0.05) is 25.7 Å². The third-order valence-electron chi connectivity index (χ3n) is 4.80. The minimum atomic E-state index is 0.0568. The number of hydrogen-bond donors (Lipinski definition) is 3. The molecule has 6 nitrogen and oxygen atoms in total. The van der Waals surface area contributed by atoms with E-state index in [1.807, 2.05) is 31.2 Å². The largest absolute Gasteiger partial charge is 0.373 e. The van der Waals surface area contributed by atoms with E-state index in [4.69, 9.17) is 4.74 Å². The van der Waals surface area contributed by atoms with Crippen molar-refractivity contribution < 1.29 is 9.53 Å². The number of guanidine groups is 1. The zero-order valence-electron chi connectivity index (χ0n) is 15.0. The number of ether oxygens (including phenoxy) is 1. The van der Waals surface area contributed by atoms with Gasteiger partial charge in [-0.25, -0.2) is 0 Å². The van der Waals surface area contributed by atoms with Crippen molar-refractivity contribution in [1.82, 2.24) is 10.6 Å². The zero-order chi connectivity index (χ0) is 17.6. The summed E-state index contributed by atoms with van der Waals surface area (Å²) in [6.07, 6.45) is 5.52. The van der Waals surface area contributed by atoms with Crippen LogP contribution in [0.2, 0.25) is 0 Å². The summed E-state index contributed by atoms with van der Waals surface area (Å²) in [6, 6.07) is 8.25. The minimum absolute atomic E-state index is 0.0568. The molecule has 2 saturated heterocycles. The predicted molar refractivity (Wildman–Crippen MR) is 99.6 cm³/mol. The van der Waals surface area contributed by atoms with E-state index in [1.54, 1.807) is 7.05 Å². The lowest BCUT2D eigenvalue weighted by atomic mass is 9.96. The Morgan fingerprint density at radius 3 is 2.92 bits per heavy atom. The molecule has 2 heterocycles. The average Bonchev–Trinajstić information content (AvgIpc) is 3.22. The first-order chi connectivity index (χ1) is 12.2. The second kappa shape index (κ2) is 8.34.